The molecule has 0 aliphatic carbocycles. The largest absolute Gasteiger partial charge is 0.497 e. The molecule has 5 rings (SSSR count). The second-order valence-electron chi connectivity index (χ2n) is 8.46. The summed E-state index contributed by atoms with van der Waals surface area (Å²) in [5.41, 5.74) is 3.96. The summed E-state index contributed by atoms with van der Waals surface area (Å²) in [6, 6.07) is 16.4. The second-order valence-corrected chi connectivity index (χ2v) is 8.46. The number of pyridine rings is 2. The molecule has 0 unspecified atom stereocenters. The van der Waals surface area contributed by atoms with Crippen LogP contribution in [0, 0.1) is 0 Å². The van der Waals surface area contributed by atoms with E-state index in [1.165, 1.54) is 0 Å². The fourth-order valence-corrected chi connectivity index (χ4v) is 4.55. The standard InChI is InChI=1S/C25H29N5O2/c1-32-21-5-6-24-23(15-21)22(7-10-26-24)25(31)17-29-12-8-18(9-13-29)27-16-19-14-20-4-2-3-11-30(20)28-19/h2-7,10-11,14-15,18,25,27,31H,8-9,12-13,16-17H2,1H3/t25-/m0/s1. The number of piperidine rings is 1. The van der Waals surface area contributed by atoms with E-state index in [1.54, 1.807) is 13.3 Å². The highest BCUT2D eigenvalue weighted by Gasteiger charge is 2.22. The van der Waals surface area contributed by atoms with Gasteiger partial charge in [-0.3, -0.25) is 4.98 Å². The highest BCUT2D eigenvalue weighted by Crippen LogP contribution is 2.27. The van der Waals surface area contributed by atoms with Crippen molar-refractivity contribution in [3.05, 3.63) is 72.2 Å². The first-order chi connectivity index (χ1) is 15.7. The zero-order valence-electron chi connectivity index (χ0n) is 18.3. The van der Waals surface area contributed by atoms with Crippen molar-refractivity contribution in [3.8, 4) is 5.75 Å². The summed E-state index contributed by atoms with van der Waals surface area (Å²) in [4.78, 5) is 6.77. The zero-order valence-corrected chi connectivity index (χ0v) is 18.3. The Morgan fingerprint density at radius 2 is 2.03 bits per heavy atom. The van der Waals surface area contributed by atoms with Crippen LogP contribution in [0.2, 0.25) is 0 Å². The number of fused-ring (bicyclic) bond motifs is 2. The van der Waals surface area contributed by atoms with E-state index in [4.69, 9.17) is 4.74 Å². The van der Waals surface area contributed by atoms with Gasteiger partial charge in [-0.05, 0) is 74.0 Å². The lowest BCUT2D eigenvalue weighted by Crippen LogP contribution is -2.43. The highest BCUT2D eigenvalue weighted by molar-refractivity contribution is 5.83. The third-order valence-corrected chi connectivity index (χ3v) is 6.35. The molecule has 0 radical (unpaired) electrons. The van der Waals surface area contributed by atoms with Gasteiger partial charge in [0, 0.05) is 36.9 Å². The number of likely N-dealkylation sites (tertiary alicyclic amines) is 1. The van der Waals surface area contributed by atoms with Gasteiger partial charge in [0.15, 0.2) is 0 Å². The average molecular weight is 432 g/mol. The lowest BCUT2D eigenvalue weighted by molar-refractivity contribution is 0.0948. The number of aromatic nitrogens is 3. The molecule has 7 nitrogen and oxygen atoms in total. The van der Waals surface area contributed by atoms with E-state index in [-0.39, 0.29) is 0 Å². The molecule has 32 heavy (non-hydrogen) atoms. The lowest BCUT2D eigenvalue weighted by atomic mass is 10.0. The van der Waals surface area contributed by atoms with Crippen molar-refractivity contribution in [2.45, 2.75) is 31.5 Å². The molecule has 0 amide bonds. The molecule has 0 bridgehead atoms. The fourth-order valence-electron chi connectivity index (χ4n) is 4.55. The van der Waals surface area contributed by atoms with Gasteiger partial charge in [-0.25, -0.2) is 4.52 Å². The van der Waals surface area contributed by atoms with Crippen LogP contribution in [0.25, 0.3) is 16.4 Å². The van der Waals surface area contributed by atoms with Crippen molar-refractivity contribution in [1.29, 1.82) is 0 Å². The molecule has 166 valence electrons. The molecule has 0 spiro atoms. The third-order valence-electron chi connectivity index (χ3n) is 6.35. The summed E-state index contributed by atoms with van der Waals surface area (Å²) < 4.78 is 7.27. The van der Waals surface area contributed by atoms with E-state index in [1.807, 2.05) is 47.1 Å². The predicted octanol–water partition coefficient (Wildman–Crippen LogP) is 3.18. The highest BCUT2D eigenvalue weighted by atomic mass is 16.5. The Labute approximate surface area is 187 Å². The molecule has 1 aliphatic heterocycles. The average Bonchev–Trinajstić information content (AvgIpc) is 3.26. The SMILES string of the molecule is COc1ccc2nccc([C@@H](O)CN3CCC(NCc4cc5ccccn5n4)CC3)c2c1. The van der Waals surface area contributed by atoms with Crippen LogP contribution < -0.4 is 10.1 Å². The van der Waals surface area contributed by atoms with E-state index in [0.717, 1.165) is 65.9 Å². The number of hydrogen-bond donors (Lipinski definition) is 2. The van der Waals surface area contributed by atoms with Gasteiger partial charge < -0.3 is 20.1 Å². The number of methoxy groups -OCH3 is 1. The van der Waals surface area contributed by atoms with Gasteiger partial charge in [-0.15, -0.1) is 0 Å². The Kier molecular flexibility index (Phi) is 6.03. The first-order valence-electron chi connectivity index (χ1n) is 11.2. The number of aliphatic hydroxyl groups is 1. The van der Waals surface area contributed by atoms with Crippen molar-refractivity contribution in [2.24, 2.45) is 0 Å². The summed E-state index contributed by atoms with van der Waals surface area (Å²) in [6.07, 6.45) is 5.30. The van der Waals surface area contributed by atoms with Gasteiger partial charge in [0.25, 0.3) is 0 Å². The molecule has 4 aromatic rings. The molecule has 1 aliphatic rings. The maximum Gasteiger partial charge on any atom is 0.119 e. The minimum atomic E-state index is -0.560. The maximum absolute atomic E-state index is 11.0. The van der Waals surface area contributed by atoms with Gasteiger partial charge in [-0.1, -0.05) is 6.07 Å². The van der Waals surface area contributed by atoms with Crippen molar-refractivity contribution < 1.29 is 9.84 Å². The Bertz CT molecular complexity index is 1170. The minimum absolute atomic E-state index is 0.472. The van der Waals surface area contributed by atoms with Crippen molar-refractivity contribution in [3.63, 3.8) is 0 Å². The summed E-state index contributed by atoms with van der Waals surface area (Å²) in [7, 11) is 1.65. The van der Waals surface area contributed by atoms with Gasteiger partial charge in [0.2, 0.25) is 0 Å². The van der Waals surface area contributed by atoms with Crippen molar-refractivity contribution in [2.75, 3.05) is 26.7 Å². The quantitative estimate of drug-likeness (QED) is 0.468. The molecule has 1 saturated heterocycles. The van der Waals surface area contributed by atoms with E-state index in [0.29, 0.717) is 12.6 Å². The Morgan fingerprint density at radius 1 is 1.16 bits per heavy atom. The predicted molar refractivity (Wildman–Crippen MR) is 125 cm³/mol. The summed E-state index contributed by atoms with van der Waals surface area (Å²) in [6.45, 7) is 3.33. The van der Waals surface area contributed by atoms with Crippen LogP contribution in [0.3, 0.4) is 0 Å². The molecular formula is C25H29N5O2. The first kappa shape index (κ1) is 20.9. The van der Waals surface area contributed by atoms with Gasteiger partial charge in [-0.2, -0.15) is 5.10 Å². The smallest absolute Gasteiger partial charge is 0.119 e. The Hall–Kier alpha value is -3.00. The van der Waals surface area contributed by atoms with Crippen molar-refractivity contribution >= 4 is 16.4 Å². The van der Waals surface area contributed by atoms with Crippen LogP contribution in [0.5, 0.6) is 5.75 Å². The fraction of sp³-hybridized carbons (Fsp3) is 0.360. The minimum Gasteiger partial charge on any atom is -0.497 e. The van der Waals surface area contributed by atoms with Gasteiger partial charge >= 0.3 is 0 Å². The van der Waals surface area contributed by atoms with Crippen molar-refractivity contribution in [1.82, 2.24) is 24.8 Å². The van der Waals surface area contributed by atoms with Crippen LogP contribution in [-0.2, 0) is 6.54 Å². The Morgan fingerprint density at radius 3 is 2.84 bits per heavy atom. The maximum atomic E-state index is 11.0. The molecule has 2 N–H and O–H groups in total. The van der Waals surface area contributed by atoms with Crippen LogP contribution in [0.15, 0.2) is 60.9 Å². The first-order valence-corrected chi connectivity index (χ1v) is 11.2. The van der Waals surface area contributed by atoms with Crippen LogP contribution in [0.4, 0.5) is 0 Å². The summed E-state index contributed by atoms with van der Waals surface area (Å²) in [5.74, 6) is 0.774. The Balaban J connectivity index is 1.16. The molecular weight excluding hydrogens is 402 g/mol. The van der Waals surface area contributed by atoms with Crippen LogP contribution >= 0.6 is 0 Å². The molecule has 1 fully saturated rings. The normalized spacial score (nSPS) is 16.6. The number of aliphatic hydroxyl groups excluding tert-OH is 1. The number of β-amino-alcohol motifs (C(OH)–C–C–N with tert-alkyl or cyclic N) is 1. The lowest BCUT2D eigenvalue weighted by Gasteiger charge is -2.33. The third kappa shape index (κ3) is 4.46. The second kappa shape index (κ2) is 9.24. The summed E-state index contributed by atoms with van der Waals surface area (Å²) >= 11 is 0. The molecule has 1 aromatic carbocycles. The molecule has 0 saturated carbocycles. The number of nitrogens with zero attached hydrogens (tertiary/aromatic N) is 4. The molecule has 3 aromatic heterocycles. The van der Waals surface area contributed by atoms with E-state index in [9.17, 15) is 5.11 Å². The van der Waals surface area contributed by atoms with Crippen LogP contribution in [0.1, 0.15) is 30.2 Å². The number of hydrogen-bond acceptors (Lipinski definition) is 6. The number of rotatable bonds is 7. The molecule has 4 heterocycles. The van der Waals surface area contributed by atoms with Gasteiger partial charge in [0.05, 0.1) is 29.9 Å². The monoisotopic (exact) mass is 431 g/mol. The van der Waals surface area contributed by atoms with E-state index >= 15 is 0 Å². The number of nitrogens with one attached hydrogen (secondary N) is 1. The topological polar surface area (TPSA) is 74.9 Å². The van der Waals surface area contributed by atoms with E-state index < -0.39 is 6.10 Å². The number of benzene rings is 1. The zero-order chi connectivity index (χ0) is 21.9. The number of ether oxygens (including phenoxy) is 1. The van der Waals surface area contributed by atoms with E-state index in [2.05, 4.69) is 32.4 Å². The van der Waals surface area contributed by atoms with Gasteiger partial charge in [0.1, 0.15) is 5.75 Å². The van der Waals surface area contributed by atoms with Crippen LogP contribution in [-0.4, -0.2) is 57.4 Å². The molecule has 1 atom stereocenters. The molecule has 7 heteroatoms. The summed E-state index contributed by atoms with van der Waals surface area (Å²) in [5, 5.41) is 20.2.